The summed E-state index contributed by atoms with van der Waals surface area (Å²) >= 11 is 1.61. The van der Waals surface area contributed by atoms with E-state index in [0.29, 0.717) is 17.1 Å². The minimum absolute atomic E-state index is 0.0313. The average molecular weight is 359 g/mol. The Morgan fingerprint density at radius 3 is 2.92 bits per heavy atom. The minimum atomic E-state index is -0.359. The van der Waals surface area contributed by atoms with Gasteiger partial charge in [-0.2, -0.15) is 5.10 Å². The van der Waals surface area contributed by atoms with Crippen molar-refractivity contribution in [3.05, 3.63) is 69.9 Å². The fraction of sp³-hybridized carbons (Fsp3) is 0.222. The number of rotatable bonds is 6. The molecule has 3 rings (SSSR count). The molecule has 25 heavy (non-hydrogen) atoms. The smallest absolute Gasteiger partial charge is 0.274 e. The van der Waals surface area contributed by atoms with Crippen LogP contribution in [0.25, 0.3) is 0 Å². The molecule has 2 aromatic heterocycles. The van der Waals surface area contributed by atoms with Gasteiger partial charge in [-0.25, -0.2) is 4.39 Å². The predicted molar refractivity (Wildman–Crippen MR) is 94.1 cm³/mol. The highest BCUT2D eigenvalue weighted by Crippen LogP contribution is 2.24. The second-order valence-corrected chi connectivity index (χ2v) is 6.61. The van der Waals surface area contributed by atoms with Crippen molar-refractivity contribution in [2.45, 2.75) is 19.6 Å². The first-order valence-electron chi connectivity index (χ1n) is 7.78. The van der Waals surface area contributed by atoms with Gasteiger partial charge in [0.2, 0.25) is 0 Å². The second kappa shape index (κ2) is 7.48. The van der Waals surface area contributed by atoms with Gasteiger partial charge in [-0.3, -0.25) is 9.89 Å². The molecule has 0 aliphatic heterocycles. The second-order valence-electron chi connectivity index (χ2n) is 5.63. The number of nitrogens with zero attached hydrogens (tertiary/aromatic N) is 2. The van der Waals surface area contributed by atoms with Gasteiger partial charge in [0.15, 0.2) is 5.69 Å². The van der Waals surface area contributed by atoms with E-state index in [1.165, 1.54) is 12.1 Å². The van der Waals surface area contributed by atoms with Crippen LogP contribution < -0.4 is 4.74 Å². The zero-order valence-corrected chi connectivity index (χ0v) is 14.7. The summed E-state index contributed by atoms with van der Waals surface area (Å²) in [5.41, 5.74) is 0.966. The standard InChI is InChI=1S/C18H18FN3O2S/c1-12(17-7-4-8-25-17)22(2)18(23)16-10-14(20-21-16)11-24-15-6-3-5-13(19)9-15/h3-10,12H,11H2,1-2H3,(H,20,21)/t12-/m1/s1. The number of amides is 1. The Labute approximate surface area is 149 Å². The van der Waals surface area contributed by atoms with Crippen molar-refractivity contribution >= 4 is 17.2 Å². The monoisotopic (exact) mass is 359 g/mol. The van der Waals surface area contributed by atoms with Crippen molar-refractivity contribution in [1.29, 1.82) is 0 Å². The molecule has 0 saturated heterocycles. The number of nitrogens with one attached hydrogen (secondary N) is 1. The highest BCUT2D eigenvalue weighted by molar-refractivity contribution is 7.10. The maximum absolute atomic E-state index is 13.1. The first kappa shape index (κ1) is 17.2. The number of hydrogen-bond donors (Lipinski definition) is 1. The average Bonchev–Trinajstić information content (AvgIpc) is 3.30. The minimum Gasteiger partial charge on any atom is -0.487 e. The van der Waals surface area contributed by atoms with Crippen LogP contribution in [-0.2, 0) is 6.61 Å². The van der Waals surface area contributed by atoms with E-state index in [2.05, 4.69) is 10.2 Å². The zero-order chi connectivity index (χ0) is 17.8. The molecule has 1 aromatic carbocycles. The lowest BCUT2D eigenvalue weighted by molar-refractivity contribution is 0.0739. The Morgan fingerprint density at radius 2 is 2.20 bits per heavy atom. The van der Waals surface area contributed by atoms with E-state index in [-0.39, 0.29) is 24.4 Å². The predicted octanol–water partition coefficient (Wildman–Crippen LogP) is 4.02. The van der Waals surface area contributed by atoms with Gasteiger partial charge in [-0.1, -0.05) is 12.1 Å². The molecule has 1 N–H and O–H groups in total. The summed E-state index contributed by atoms with van der Waals surface area (Å²) < 4.78 is 18.6. The molecular formula is C18H18FN3O2S. The molecule has 0 spiro atoms. The SMILES string of the molecule is C[C@H](c1cccs1)N(C)C(=O)c1cc(COc2cccc(F)c2)[nH]n1. The van der Waals surface area contributed by atoms with Gasteiger partial charge >= 0.3 is 0 Å². The van der Waals surface area contributed by atoms with Crippen LogP contribution in [0, 0.1) is 5.82 Å². The Kier molecular flexibility index (Phi) is 5.14. The summed E-state index contributed by atoms with van der Waals surface area (Å²) in [5, 5.41) is 8.84. The molecular weight excluding hydrogens is 341 g/mol. The van der Waals surface area contributed by atoms with Gasteiger partial charge in [0, 0.05) is 18.0 Å². The summed E-state index contributed by atoms with van der Waals surface area (Å²) in [5.74, 6) is -0.109. The third-order valence-electron chi connectivity index (χ3n) is 3.90. The first-order chi connectivity index (χ1) is 12.0. The molecule has 3 aromatic rings. The van der Waals surface area contributed by atoms with Crippen LogP contribution in [0.15, 0.2) is 47.8 Å². The lowest BCUT2D eigenvalue weighted by atomic mass is 10.2. The van der Waals surface area contributed by atoms with Crippen molar-refractivity contribution in [2.75, 3.05) is 7.05 Å². The van der Waals surface area contributed by atoms with Crippen molar-refractivity contribution in [3.63, 3.8) is 0 Å². The molecule has 1 amide bonds. The number of hydrogen-bond acceptors (Lipinski definition) is 4. The molecule has 0 aliphatic rings. The van der Waals surface area contributed by atoms with Gasteiger partial charge in [0.1, 0.15) is 18.2 Å². The Morgan fingerprint density at radius 1 is 1.36 bits per heavy atom. The van der Waals surface area contributed by atoms with Crippen LogP contribution in [-0.4, -0.2) is 28.1 Å². The van der Waals surface area contributed by atoms with Crippen LogP contribution in [0.4, 0.5) is 4.39 Å². The largest absolute Gasteiger partial charge is 0.487 e. The van der Waals surface area contributed by atoms with Gasteiger partial charge in [-0.05, 0) is 36.6 Å². The molecule has 0 saturated carbocycles. The van der Waals surface area contributed by atoms with E-state index in [4.69, 9.17) is 4.74 Å². The molecule has 1 atom stereocenters. The van der Waals surface area contributed by atoms with Crippen molar-refractivity contribution in [2.24, 2.45) is 0 Å². The summed E-state index contributed by atoms with van der Waals surface area (Å²) in [6.07, 6.45) is 0. The van der Waals surface area contributed by atoms with E-state index in [9.17, 15) is 9.18 Å². The maximum atomic E-state index is 13.1. The molecule has 0 radical (unpaired) electrons. The number of ether oxygens (including phenoxy) is 1. The fourth-order valence-corrected chi connectivity index (χ4v) is 3.17. The third kappa shape index (κ3) is 4.06. The van der Waals surface area contributed by atoms with Gasteiger partial charge in [0.25, 0.3) is 5.91 Å². The number of aromatic nitrogens is 2. The molecule has 5 nitrogen and oxygen atoms in total. The molecule has 0 aliphatic carbocycles. The molecule has 0 unspecified atom stereocenters. The number of H-pyrrole nitrogens is 1. The molecule has 2 heterocycles. The van der Waals surface area contributed by atoms with Crippen LogP contribution in [0.5, 0.6) is 5.75 Å². The van der Waals surface area contributed by atoms with Gasteiger partial charge in [-0.15, -0.1) is 11.3 Å². The van der Waals surface area contributed by atoms with Gasteiger partial charge in [0.05, 0.1) is 11.7 Å². The lowest BCUT2D eigenvalue weighted by Crippen LogP contribution is -2.29. The van der Waals surface area contributed by atoms with E-state index >= 15 is 0 Å². The quantitative estimate of drug-likeness (QED) is 0.723. The summed E-state index contributed by atoms with van der Waals surface area (Å²) in [4.78, 5) is 15.3. The summed E-state index contributed by atoms with van der Waals surface area (Å²) in [7, 11) is 1.75. The highest BCUT2D eigenvalue weighted by Gasteiger charge is 2.21. The molecule has 7 heteroatoms. The van der Waals surface area contributed by atoms with Crippen LogP contribution in [0.1, 0.15) is 34.0 Å². The molecule has 0 bridgehead atoms. The van der Waals surface area contributed by atoms with Crippen molar-refractivity contribution in [3.8, 4) is 5.75 Å². The van der Waals surface area contributed by atoms with Crippen molar-refractivity contribution < 1.29 is 13.9 Å². The van der Waals surface area contributed by atoms with Crippen LogP contribution in [0.3, 0.4) is 0 Å². The number of halogens is 1. The first-order valence-corrected chi connectivity index (χ1v) is 8.66. The zero-order valence-electron chi connectivity index (χ0n) is 13.9. The third-order valence-corrected chi connectivity index (χ3v) is 4.94. The van der Waals surface area contributed by atoms with E-state index < -0.39 is 0 Å². The summed E-state index contributed by atoms with van der Waals surface area (Å²) in [6, 6.07) is 11.5. The lowest BCUT2D eigenvalue weighted by Gasteiger charge is -2.23. The Bertz CT molecular complexity index is 848. The van der Waals surface area contributed by atoms with Crippen LogP contribution in [0.2, 0.25) is 0 Å². The van der Waals surface area contributed by atoms with E-state index in [1.807, 2.05) is 24.4 Å². The number of carbonyl (C=O) groups excluding carboxylic acids is 1. The molecule has 130 valence electrons. The van der Waals surface area contributed by atoms with Gasteiger partial charge < -0.3 is 9.64 Å². The number of thiophene rings is 1. The maximum Gasteiger partial charge on any atom is 0.274 e. The normalized spacial score (nSPS) is 12.0. The number of aromatic amines is 1. The highest BCUT2D eigenvalue weighted by atomic mass is 32.1. The fourth-order valence-electron chi connectivity index (χ4n) is 2.34. The van der Waals surface area contributed by atoms with E-state index in [0.717, 1.165) is 4.88 Å². The van der Waals surface area contributed by atoms with Crippen LogP contribution >= 0.6 is 11.3 Å². The topological polar surface area (TPSA) is 58.2 Å². The Balaban J connectivity index is 1.63. The molecule has 0 fully saturated rings. The van der Waals surface area contributed by atoms with Crippen molar-refractivity contribution in [1.82, 2.24) is 15.1 Å². The number of carbonyl (C=O) groups is 1. The number of benzene rings is 1. The summed E-state index contributed by atoms with van der Waals surface area (Å²) in [6.45, 7) is 2.15. The Hall–Kier alpha value is -2.67. The van der Waals surface area contributed by atoms with E-state index in [1.54, 1.807) is 41.5 Å².